The third kappa shape index (κ3) is 3.77. The molecule has 7 nitrogen and oxygen atoms in total. The van der Waals surface area contributed by atoms with Gasteiger partial charge in [-0.25, -0.2) is 9.69 Å². The van der Waals surface area contributed by atoms with Crippen LogP contribution in [-0.2, 0) is 9.59 Å². The lowest BCUT2D eigenvalue weighted by molar-refractivity contribution is -0.122. The summed E-state index contributed by atoms with van der Waals surface area (Å²) in [5.41, 5.74) is 4.60. The summed E-state index contributed by atoms with van der Waals surface area (Å²) in [6, 6.07) is 10.2. The van der Waals surface area contributed by atoms with Gasteiger partial charge in [0.2, 0.25) is 0 Å². The molecular weight excluding hydrogens is 430 g/mol. The number of barbiturate groups is 1. The second kappa shape index (κ2) is 8.48. The van der Waals surface area contributed by atoms with Crippen LogP contribution in [0.1, 0.15) is 44.4 Å². The number of carbonyl (C=O) groups is 3. The van der Waals surface area contributed by atoms with Gasteiger partial charge < -0.3 is 9.64 Å². The number of anilines is 2. The van der Waals surface area contributed by atoms with Crippen LogP contribution in [0.5, 0.6) is 5.75 Å². The highest BCUT2D eigenvalue weighted by Gasteiger charge is 2.38. The van der Waals surface area contributed by atoms with Crippen molar-refractivity contribution in [1.29, 1.82) is 0 Å². The van der Waals surface area contributed by atoms with Gasteiger partial charge in [-0.1, -0.05) is 24.3 Å². The molecule has 0 aromatic heterocycles. The predicted molar refractivity (Wildman–Crippen MR) is 134 cm³/mol. The summed E-state index contributed by atoms with van der Waals surface area (Å²) in [5.74, 6) is -0.871. The van der Waals surface area contributed by atoms with Crippen molar-refractivity contribution in [3.05, 3.63) is 64.7 Å². The maximum Gasteiger partial charge on any atom is 0.335 e. The molecule has 1 fully saturated rings. The first-order valence-corrected chi connectivity index (χ1v) is 11.3. The SMILES string of the molecule is CCN1c2cc(OC)c(/C=C3/C(=O)NC(=O)N(c4ccccc4C)C3=O)cc2C(C)=CC1(C)C. The summed E-state index contributed by atoms with van der Waals surface area (Å²) in [6.45, 7) is 11.1. The summed E-state index contributed by atoms with van der Waals surface area (Å²) >= 11 is 0. The van der Waals surface area contributed by atoms with Crippen LogP contribution in [0, 0.1) is 6.92 Å². The lowest BCUT2D eigenvalue weighted by Crippen LogP contribution is -2.54. The Morgan fingerprint density at radius 1 is 1.06 bits per heavy atom. The highest BCUT2D eigenvalue weighted by atomic mass is 16.5. The van der Waals surface area contributed by atoms with Crippen LogP contribution in [0.15, 0.2) is 48.0 Å². The lowest BCUT2D eigenvalue weighted by Gasteiger charge is -2.43. The zero-order chi connectivity index (χ0) is 24.8. The van der Waals surface area contributed by atoms with Crippen LogP contribution in [0.2, 0.25) is 0 Å². The summed E-state index contributed by atoms with van der Waals surface area (Å²) in [7, 11) is 1.56. The fourth-order valence-electron chi connectivity index (χ4n) is 4.83. The predicted octanol–water partition coefficient (Wildman–Crippen LogP) is 4.69. The van der Waals surface area contributed by atoms with Crippen LogP contribution in [0.3, 0.4) is 0 Å². The number of nitrogens with zero attached hydrogens (tertiary/aromatic N) is 2. The molecule has 0 bridgehead atoms. The van der Waals surface area contributed by atoms with Gasteiger partial charge in [0.15, 0.2) is 0 Å². The zero-order valence-corrected chi connectivity index (χ0v) is 20.4. The summed E-state index contributed by atoms with van der Waals surface area (Å²) in [4.78, 5) is 41.9. The Balaban J connectivity index is 1.84. The molecule has 2 aromatic rings. The molecular formula is C27H29N3O4. The molecule has 34 heavy (non-hydrogen) atoms. The lowest BCUT2D eigenvalue weighted by atomic mass is 9.87. The minimum atomic E-state index is -0.765. The molecule has 0 atom stereocenters. The molecule has 2 aliphatic rings. The van der Waals surface area contributed by atoms with Crippen molar-refractivity contribution in [1.82, 2.24) is 5.32 Å². The number of methoxy groups -OCH3 is 1. The standard InChI is InChI=1S/C27H29N3O4/c1-7-29-22-14-23(34-6)18(12-19(22)17(3)15-27(29,4)5)13-20-24(31)28-26(33)30(25(20)32)21-11-9-8-10-16(21)2/h8-15H,7H2,1-6H3,(H,28,31,33)/b20-13-. The number of imide groups is 2. The number of urea groups is 1. The molecule has 1 N–H and O–H groups in total. The Morgan fingerprint density at radius 2 is 1.76 bits per heavy atom. The number of benzene rings is 2. The maximum atomic E-state index is 13.4. The highest BCUT2D eigenvalue weighted by molar-refractivity contribution is 6.39. The molecule has 176 valence electrons. The largest absolute Gasteiger partial charge is 0.496 e. The van der Waals surface area contributed by atoms with Crippen molar-refractivity contribution in [2.24, 2.45) is 0 Å². The summed E-state index contributed by atoms with van der Waals surface area (Å²) < 4.78 is 5.66. The number of hydrogen-bond acceptors (Lipinski definition) is 5. The fourth-order valence-corrected chi connectivity index (χ4v) is 4.83. The number of nitrogens with one attached hydrogen (secondary N) is 1. The van der Waals surface area contributed by atoms with Crippen LogP contribution < -0.4 is 19.9 Å². The van der Waals surface area contributed by atoms with Gasteiger partial charge in [0.25, 0.3) is 11.8 Å². The van der Waals surface area contributed by atoms with Crippen molar-refractivity contribution in [3.63, 3.8) is 0 Å². The number of hydrogen-bond donors (Lipinski definition) is 1. The monoisotopic (exact) mass is 459 g/mol. The Morgan fingerprint density at radius 3 is 2.41 bits per heavy atom. The van der Waals surface area contributed by atoms with E-state index in [1.807, 2.05) is 25.1 Å². The Kier molecular flexibility index (Phi) is 5.81. The van der Waals surface area contributed by atoms with Crippen molar-refractivity contribution in [3.8, 4) is 5.75 Å². The van der Waals surface area contributed by atoms with E-state index in [9.17, 15) is 14.4 Å². The van der Waals surface area contributed by atoms with E-state index in [1.165, 1.54) is 6.08 Å². The molecule has 2 aliphatic heterocycles. The molecule has 0 unspecified atom stereocenters. The third-order valence-electron chi connectivity index (χ3n) is 6.40. The second-order valence-corrected chi connectivity index (χ2v) is 9.08. The number of amides is 4. The van der Waals surface area contributed by atoms with E-state index >= 15 is 0 Å². The molecule has 1 saturated heterocycles. The van der Waals surface area contributed by atoms with Crippen molar-refractivity contribution >= 4 is 40.9 Å². The molecule has 2 heterocycles. The molecule has 0 saturated carbocycles. The van der Waals surface area contributed by atoms with E-state index < -0.39 is 17.8 Å². The van der Waals surface area contributed by atoms with E-state index in [0.29, 0.717) is 17.0 Å². The van der Waals surface area contributed by atoms with Crippen molar-refractivity contribution in [2.75, 3.05) is 23.5 Å². The Hall–Kier alpha value is -3.87. The first kappa shape index (κ1) is 23.3. The second-order valence-electron chi connectivity index (χ2n) is 9.08. The van der Waals surface area contributed by atoms with Gasteiger partial charge in [0.1, 0.15) is 11.3 Å². The number of allylic oxidation sites excluding steroid dienone is 1. The van der Waals surface area contributed by atoms with Crippen LogP contribution in [0.25, 0.3) is 11.6 Å². The van der Waals surface area contributed by atoms with Gasteiger partial charge in [-0.3, -0.25) is 14.9 Å². The number of likely N-dealkylation sites (N-methyl/N-ethyl adjacent to an activating group) is 1. The normalized spacial score (nSPS) is 18.6. The number of ether oxygens (including phenoxy) is 1. The molecule has 0 aliphatic carbocycles. The number of aryl methyl sites for hydroxylation is 1. The van der Waals surface area contributed by atoms with Gasteiger partial charge in [-0.05, 0) is 64.0 Å². The van der Waals surface area contributed by atoms with Crippen LogP contribution in [0.4, 0.5) is 16.2 Å². The Bertz CT molecular complexity index is 1270. The minimum absolute atomic E-state index is 0.133. The first-order chi connectivity index (χ1) is 16.1. The maximum absolute atomic E-state index is 13.4. The number of rotatable bonds is 4. The minimum Gasteiger partial charge on any atom is -0.496 e. The van der Waals surface area contributed by atoms with E-state index in [4.69, 9.17) is 4.74 Å². The summed E-state index contributed by atoms with van der Waals surface area (Å²) in [5, 5.41) is 2.29. The van der Waals surface area contributed by atoms with E-state index in [0.717, 1.165) is 33.8 Å². The topological polar surface area (TPSA) is 79.0 Å². The van der Waals surface area contributed by atoms with Gasteiger partial charge in [-0.2, -0.15) is 0 Å². The van der Waals surface area contributed by atoms with Gasteiger partial charge in [-0.15, -0.1) is 0 Å². The average Bonchev–Trinajstić information content (AvgIpc) is 2.77. The summed E-state index contributed by atoms with van der Waals surface area (Å²) in [6.07, 6.45) is 3.71. The molecule has 7 heteroatoms. The molecule has 2 aromatic carbocycles. The molecule has 4 amide bonds. The number of carbonyl (C=O) groups excluding carboxylic acids is 3. The van der Waals surface area contributed by atoms with Gasteiger partial charge in [0, 0.05) is 29.4 Å². The van der Waals surface area contributed by atoms with E-state index in [2.05, 4.69) is 37.1 Å². The first-order valence-electron chi connectivity index (χ1n) is 11.3. The van der Waals surface area contributed by atoms with E-state index in [1.54, 1.807) is 32.2 Å². The van der Waals surface area contributed by atoms with Gasteiger partial charge >= 0.3 is 6.03 Å². The van der Waals surface area contributed by atoms with Crippen LogP contribution in [-0.4, -0.2) is 37.0 Å². The fraction of sp³-hybridized carbons (Fsp3) is 0.296. The number of fused-ring (bicyclic) bond motifs is 1. The van der Waals surface area contributed by atoms with Crippen molar-refractivity contribution in [2.45, 2.75) is 40.2 Å². The zero-order valence-electron chi connectivity index (χ0n) is 20.4. The molecule has 0 radical (unpaired) electrons. The van der Waals surface area contributed by atoms with E-state index in [-0.39, 0.29) is 11.1 Å². The smallest absolute Gasteiger partial charge is 0.335 e. The quantitative estimate of drug-likeness (QED) is 0.530. The van der Waals surface area contributed by atoms with Crippen LogP contribution >= 0.6 is 0 Å². The molecule has 0 spiro atoms. The van der Waals surface area contributed by atoms with Gasteiger partial charge in [0.05, 0.1) is 18.3 Å². The molecule has 4 rings (SSSR count). The number of para-hydroxylation sites is 1. The Labute approximate surface area is 199 Å². The average molecular weight is 460 g/mol. The third-order valence-corrected chi connectivity index (χ3v) is 6.40. The van der Waals surface area contributed by atoms with Crippen molar-refractivity contribution < 1.29 is 19.1 Å². The highest BCUT2D eigenvalue weighted by Crippen LogP contribution is 2.42.